The zero-order valence-corrected chi connectivity index (χ0v) is 12.0. The van der Waals surface area contributed by atoms with E-state index in [9.17, 15) is 18.0 Å². The third-order valence-corrected chi connectivity index (χ3v) is 3.20. The first-order valence-corrected chi connectivity index (χ1v) is 6.49. The molecular formula is C12H17F3N4O2. The Balaban J connectivity index is 1.95. The summed E-state index contributed by atoms with van der Waals surface area (Å²) >= 11 is 0. The Kier molecular flexibility index (Phi) is 3.96. The van der Waals surface area contributed by atoms with Crippen LogP contribution in [0.5, 0.6) is 0 Å². The minimum absolute atomic E-state index is 0.193. The number of halogens is 3. The highest BCUT2D eigenvalue weighted by Gasteiger charge is 2.40. The molecule has 0 unspecified atom stereocenters. The SMILES string of the molecule is CC(=O)NC(C)(C)c1noc(C2CN(CC(F)(F)F)C2)n1. The Hall–Kier alpha value is -1.64. The summed E-state index contributed by atoms with van der Waals surface area (Å²) in [5.41, 5.74) is -0.789. The van der Waals surface area contributed by atoms with E-state index in [1.165, 1.54) is 11.8 Å². The van der Waals surface area contributed by atoms with Crippen LogP contribution in [0, 0.1) is 0 Å². The van der Waals surface area contributed by atoms with Crippen LogP contribution in [-0.2, 0) is 10.3 Å². The molecule has 1 saturated heterocycles. The molecule has 0 aliphatic carbocycles. The third-order valence-electron chi connectivity index (χ3n) is 3.20. The van der Waals surface area contributed by atoms with Gasteiger partial charge in [0, 0.05) is 20.0 Å². The molecule has 1 aliphatic rings. The molecular weight excluding hydrogens is 289 g/mol. The minimum Gasteiger partial charge on any atom is -0.344 e. The van der Waals surface area contributed by atoms with Gasteiger partial charge in [-0.3, -0.25) is 9.69 Å². The quantitative estimate of drug-likeness (QED) is 0.910. The number of alkyl halides is 3. The molecule has 0 atom stereocenters. The van der Waals surface area contributed by atoms with Crippen molar-refractivity contribution >= 4 is 5.91 Å². The predicted octanol–water partition coefficient (Wildman–Crippen LogP) is 1.40. The molecule has 1 fully saturated rings. The van der Waals surface area contributed by atoms with E-state index in [-0.39, 0.29) is 24.9 Å². The molecule has 21 heavy (non-hydrogen) atoms. The largest absolute Gasteiger partial charge is 0.401 e. The highest BCUT2D eigenvalue weighted by atomic mass is 19.4. The number of hydrogen-bond donors (Lipinski definition) is 1. The number of amides is 1. The van der Waals surface area contributed by atoms with Crippen molar-refractivity contribution < 1.29 is 22.5 Å². The van der Waals surface area contributed by atoms with Gasteiger partial charge in [-0.05, 0) is 13.8 Å². The standard InChI is InChI=1S/C12H17F3N4O2/c1-7(20)17-11(2,3)10-16-9(21-18-10)8-4-19(5-8)6-12(13,14)15/h8H,4-6H2,1-3H3,(H,17,20). The van der Waals surface area contributed by atoms with Crippen molar-refractivity contribution in [3.8, 4) is 0 Å². The van der Waals surface area contributed by atoms with E-state index in [4.69, 9.17) is 4.52 Å². The second-order valence-electron chi connectivity index (χ2n) is 5.77. The van der Waals surface area contributed by atoms with Crippen molar-refractivity contribution in [2.45, 2.75) is 38.4 Å². The molecule has 1 aliphatic heterocycles. The number of carbonyl (C=O) groups excluding carboxylic acids is 1. The molecule has 0 bridgehead atoms. The zero-order chi connectivity index (χ0) is 15.8. The van der Waals surface area contributed by atoms with E-state index in [1.54, 1.807) is 13.8 Å². The van der Waals surface area contributed by atoms with Crippen molar-refractivity contribution in [1.82, 2.24) is 20.4 Å². The first-order chi connectivity index (χ1) is 9.57. The number of likely N-dealkylation sites (tertiary alicyclic amines) is 1. The summed E-state index contributed by atoms with van der Waals surface area (Å²) in [7, 11) is 0. The van der Waals surface area contributed by atoms with Crippen molar-refractivity contribution in [3.63, 3.8) is 0 Å². The molecule has 2 heterocycles. The molecule has 6 nitrogen and oxygen atoms in total. The van der Waals surface area contributed by atoms with Crippen LogP contribution in [0.4, 0.5) is 13.2 Å². The summed E-state index contributed by atoms with van der Waals surface area (Å²) in [6.07, 6.45) is -4.20. The Bertz CT molecular complexity index is 521. The number of rotatable bonds is 4. The van der Waals surface area contributed by atoms with E-state index in [1.807, 2.05) is 0 Å². The summed E-state index contributed by atoms with van der Waals surface area (Å²) in [6.45, 7) is 4.37. The molecule has 1 aromatic rings. The lowest BCUT2D eigenvalue weighted by Gasteiger charge is -2.37. The Labute approximate surface area is 119 Å². The topological polar surface area (TPSA) is 71.3 Å². The molecule has 0 saturated carbocycles. The van der Waals surface area contributed by atoms with Gasteiger partial charge in [-0.25, -0.2) is 0 Å². The van der Waals surface area contributed by atoms with Crippen LogP contribution in [0.3, 0.4) is 0 Å². The van der Waals surface area contributed by atoms with E-state index in [0.29, 0.717) is 11.7 Å². The molecule has 0 spiro atoms. The summed E-state index contributed by atoms with van der Waals surface area (Å²) in [4.78, 5) is 16.6. The maximum atomic E-state index is 12.2. The fourth-order valence-electron chi connectivity index (χ4n) is 2.26. The summed E-state index contributed by atoms with van der Waals surface area (Å²) in [5, 5.41) is 6.48. The van der Waals surface area contributed by atoms with Crippen LogP contribution < -0.4 is 5.32 Å². The first-order valence-electron chi connectivity index (χ1n) is 6.49. The van der Waals surface area contributed by atoms with Crippen molar-refractivity contribution in [3.05, 3.63) is 11.7 Å². The molecule has 2 rings (SSSR count). The van der Waals surface area contributed by atoms with E-state index in [0.717, 1.165) is 0 Å². The highest BCUT2D eigenvalue weighted by molar-refractivity contribution is 5.73. The average Bonchev–Trinajstić information content (AvgIpc) is 2.68. The number of aromatic nitrogens is 2. The van der Waals surface area contributed by atoms with E-state index < -0.39 is 18.3 Å². The van der Waals surface area contributed by atoms with Gasteiger partial charge in [0.1, 0.15) is 0 Å². The van der Waals surface area contributed by atoms with Crippen LogP contribution in [0.15, 0.2) is 4.52 Å². The van der Waals surface area contributed by atoms with Gasteiger partial charge in [-0.2, -0.15) is 18.2 Å². The zero-order valence-electron chi connectivity index (χ0n) is 12.0. The maximum absolute atomic E-state index is 12.2. The fourth-order valence-corrected chi connectivity index (χ4v) is 2.26. The molecule has 1 amide bonds. The lowest BCUT2D eigenvalue weighted by atomic mass is 10.00. The van der Waals surface area contributed by atoms with Crippen LogP contribution in [0.1, 0.15) is 38.4 Å². The molecule has 0 radical (unpaired) electrons. The second kappa shape index (κ2) is 5.28. The minimum atomic E-state index is -4.20. The lowest BCUT2D eigenvalue weighted by molar-refractivity contribution is -0.155. The first kappa shape index (κ1) is 15.7. The Morgan fingerprint density at radius 2 is 2.05 bits per heavy atom. The fraction of sp³-hybridized carbons (Fsp3) is 0.750. The Morgan fingerprint density at radius 1 is 1.43 bits per heavy atom. The second-order valence-corrected chi connectivity index (χ2v) is 5.77. The van der Waals surface area contributed by atoms with Gasteiger partial charge in [-0.15, -0.1) is 0 Å². The highest BCUT2D eigenvalue weighted by Crippen LogP contribution is 2.30. The normalized spacial score (nSPS) is 17.6. The molecule has 118 valence electrons. The smallest absolute Gasteiger partial charge is 0.344 e. The van der Waals surface area contributed by atoms with Crippen LogP contribution in [-0.4, -0.2) is 46.8 Å². The van der Waals surface area contributed by atoms with Gasteiger partial charge in [0.25, 0.3) is 0 Å². The average molecular weight is 306 g/mol. The van der Waals surface area contributed by atoms with Gasteiger partial charge in [0.05, 0.1) is 18.0 Å². The van der Waals surface area contributed by atoms with Gasteiger partial charge < -0.3 is 9.84 Å². The lowest BCUT2D eigenvalue weighted by Crippen LogP contribution is -2.49. The Morgan fingerprint density at radius 3 is 2.57 bits per heavy atom. The molecule has 9 heteroatoms. The van der Waals surface area contributed by atoms with Gasteiger partial charge in [0.15, 0.2) is 5.82 Å². The third kappa shape index (κ3) is 3.93. The van der Waals surface area contributed by atoms with Gasteiger partial charge in [-0.1, -0.05) is 5.16 Å². The number of nitrogens with zero attached hydrogens (tertiary/aromatic N) is 3. The predicted molar refractivity (Wildman–Crippen MR) is 66.4 cm³/mol. The van der Waals surface area contributed by atoms with Crippen LogP contribution >= 0.6 is 0 Å². The van der Waals surface area contributed by atoms with E-state index in [2.05, 4.69) is 15.5 Å². The summed E-state index contributed by atoms with van der Waals surface area (Å²) in [5.74, 6) is 0.192. The van der Waals surface area contributed by atoms with Crippen LogP contribution in [0.25, 0.3) is 0 Å². The number of nitrogens with one attached hydrogen (secondary N) is 1. The molecule has 0 aromatic carbocycles. The van der Waals surface area contributed by atoms with Crippen LogP contribution in [0.2, 0.25) is 0 Å². The molecule has 1 aromatic heterocycles. The number of carbonyl (C=O) groups is 1. The van der Waals surface area contributed by atoms with Crippen molar-refractivity contribution in [2.75, 3.05) is 19.6 Å². The monoisotopic (exact) mass is 306 g/mol. The molecule has 1 N–H and O–H groups in total. The van der Waals surface area contributed by atoms with Gasteiger partial charge >= 0.3 is 6.18 Å². The van der Waals surface area contributed by atoms with Gasteiger partial charge in [0.2, 0.25) is 11.8 Å². The van der Waals surface area contributed by atoms with E-state index >= 15 is 0 Å². The summed E-state index contributed by atoms with van der Waals surface area (Å²) in [6, 6.07) is 0. The summed E-state index contributed by atoms with van der Waals surface area (Å²) < 4.78 is 41.7. The van der Waals surface area contributed by atoms with Crippen molar-refractivity contribution in [2.24, 2.45) is 0 Å². The van der Waals surface area contributed by atoms with Crippen molar-refractivity contribution in [1.29, 1.82) is 0 Å². The number of hydrogen-bond acceptors (Lipinski definition) is 5. The maximum Gasteiger partial charge on any atom is 0.401 e.